The lowest BCUT2D eigenvalue weighted by atomic mass is 9.94. The summed E-state index contributed by atoms with van der Waals surface area (Å²) in [5, 5.41) is 3.77. The molecule has 0 aliphatic rings. The van der Waals surface area contributed by atoms with Crippen LogP contribution < -0.4 is 10.9 Å². The zero-order valence-corrected chi connectivity index (χ0v) is 14.2. The van der Waals surface area contributed by atoms with Crippen molar-refractivity contribution in [3.05, 3.63) is 45.5 Å². The number of aromatic nitrogens is 2. The number of fused-ring (bicyclic) bond motifs is 1. The lowest BCUT2D eigenvalue weighted by molar-refractivity contribution is -0.142. The van der Waals surface area contributed by atoms with E-state index < -0.39 is 5.54 Å². The van der Waals surface area contributed by atoms with Gasteiger partial charge in [-0.25, -0.2) is 4.98 Å². The van der Waals surface area contributed by atoms with Crippen LogP contribution in [0.2, 0.25) is 5.02 Å². The van der Waals surface area contributed by atoms with Crippen molar-refractivity contribution in [1.29, 1.82) is 0 Å². The van der Waals surface area contributed by atoms with E-state index >= 15 is 0 Å². The Balaban J connectivity index is 2.20. The molecule has 2 aromatic rings. The lowest BCUT2D eigenvalue weighted by Gasteiger charge is -2.28. The molecule has 0 saturated heterocycles. The molecule has 0 fully saturated rings. The monoisotopic (exact) mass is 337 g/mol. The van der Waals surface area contributed by atoms with Crippen LogP contribution >= 0.6 is 11.6 Å². The number of carbonyl (C=O) groups excluding carboxylic acids is 1. The highest BCUT2D eigenvalue weighted by molar-refractivity contribution is 6.30. The van der Waals surface area contributed by atoms with E-state index in [0.29, 0.717) is 22.9 Å². The Bertz CT molecular complexity index is 775. The topological polar surface area (TPSA) is 72.7 Å². The molecule has 0 bridgehead atoms. The standard InChI is InChI=1S/C16H20ClN3O3/c1-4-16(2,8-15(22)23-3)18-9-12-7-14(21)20-10-11(17)5-6-13(20)19-12/h5-7,10,18H,4,8-9H2,1-3H3/t16-/m0/s1. The minimum absolute atomic E-state index is 0.194. The minimum atomic E-state index is -0.417. The first kappa shape index (κ1) is 17.4. The van der Waals surface area contributed by atoms with Crippen LogP contribution in [0.4, 0.5) is 0 Å². The second-order valence-electron chi connectivity index (χ2n) is 5.68. The number of hydrogen-bond acceptors (Lipinski definition) is 5. The maximum atomic E-state index is 12.1. The average Bonchev–Trinajstić information content (AvgIpc) is 2.53. The summed E-state index contributed by atoms with van der Waals surface area (Å²) in [6.45, 7) is 4.31. The Kier molecular flexibility index (Phi) is 5.38. The van der Waals surface area contributed by atoms with Gasteiger partial charge in [0.2, 0.25) is 0 Å². The van der Waals surface area contributed by atoms with Gasteiger partial charge in [-0.1, -0.05) is 18.5 Å². The second kappa shape index (κ2) is 7.10. The maximum absolute atomic E-state index is 12.1. The fourth-order valence-electron chi connectivity index (χ4n) is 2.22. The number of ether oxygens (including phenoxy) is 1. The van der Waals surface area contributed by atoms with Gasteiger partial charge in [-0.15, -0.1) is 0 Å². The van der Waals surface area contributed by atoms with Crippen LogP contribution in [0.15, 0.2) is 29.2 Å². The Hall–Kier alpha value is -1.92. The van der Waals surface area contributed by atoms with Crippen LogP contribution in [0, 0.1) is 0 Å². The van der Waals surface area contributed by atoms with E-state index in [1.54, 1.807) is 12.1 Å². The molecule has 23 heavy (non-hydrogen) atoms. The van der Waals surface area contributed by atoms with E-state index in [-0.39, 0.29) is 17.9 Å². The van der Waals surface area contributed by atoms with Crippen molar-refractivity contribution in [2.24, 2.45) is 0 Å². The van der Waals surface area contributed by atoms with Gasteiger partial charge in [0.1, 0.15) is 5.65 Å². The number of carbonyl (C=O) groups is 1. The number of halogens is 1. The third kappa shape index (κ3) is 4.30. The van der Waals surface area contributed by atoms with Crippen LogP contribution in [-0.4, -0.2) is 28.0 Å². The van der Waals surface area contributed by atoms with Gasteiger partial charge in [0.05, 0.1) is 24.2 Å². The van der Waals surface area contributed by atoms with Crippen LogP contribution in [0.3, 0.4) is 0 Å². The summed E-state index contributed by atoms with van der Waals surface area (Å²) < 4.78 is 6.13. The predicted molar refractivity (Wildman–Crippen MR) is 88.6 cm³/mol. The molecule has 124 valence electrons. The predicted octanol–water partition coefficient (Wildman–Crippen LogP) is 2.17. The molecular weight excluding hydrogens is 318 g/mol. The van der Waals surface area contributed by atoms with E-state index in [2.05, 4.69) is 10.3 Å². The largest absolute Gasteiger partial charge is 0.469 e. The van der Waals surface area contributed by atoms with Crippen molar-refractivity contribution >= 4 is 23.2 Å². The van der Waals surface area contributed by atoms with Crippen LogP contribution in [0.5, 0.6) is 0 Å². The number of hydrogen-bond donors (Lipinski definition) is 1. The fraction of sp³-hybridized carbons (Fsp3) is 0.438. The lowest BCUT2D eigenvalue weighted by Crippen LogP contribution is -2.43. The summed E-state index contributed by atoms with van der Waals surface area (Å²) in [5.41, 5.74) is 0.534. The molecule has 0 radical (unpaired) electrons. The summed E-state index contributed by atoms with van der Waals surface area (Å²) in [6.07, 6.45) is 2.53. The van der Waals surface area contributed by atoms with Crippen molar-refractivity contribution in [3.8, 4) is 0 Å². The van der Waals surface area contributed by atoms with Crippen molar-refractivity contribution in [2.75, 3.05) is 7.11 Å². The van der Waals surface area contributed by atoms with Gasteiger partial charge in [-0.05, 0) is 25.5 Å². The van der Waals surface area contributed by atoms with Gasteiger partial charge < -0.3 is 10.1 Å². The van der Waals surface area contributed by atoms with Gasteiger partial charge >= 0.3 is 5.97 Å². The molecule has 1 N–H and O–H groups in total. The molecule has 0 aliphatic heterocycles. The zero-order chi connectivity index (χ0) is 17.0. The van der Waals surface area contributed by atoms with Crippen LogP contribution in [-0.2, 0) is 16.1 Å². The maximum Gasteiger partial charge on any atom is 0.307 e. The molecule has 2 aromatic heterocycles. The fourth-order valence-corrected chi connectivity index (χ4v) is 2.38. The molecule has 2 rings (SSSR count). The van der Waals surface area contributed by atoms with Crippen molar-refractivity contribution < 1.29 is 9.53 Å². The van der Waals surface area contributed by atoms with Crippen LogP contribution in [0.1, 0.15) is 32.4 Å². The molecule has 1 atom stereocenters. The Labute approximate surface area is 139 Å². The van der Waals surface area contributed by atoms with Gasteiger partial charge in [0, 0.05) is 24.3 Å². The number of methoxy groups -OCH3 is 1. The van der Waals surface area contributed by atoms with E-state index in [4.69, 9.17) is 16.3 Å². The molecule has 0 aromatic carbocycles. The molecule has 0 spiro atoms. The number of esters is 1. The first-order valence-electron chi connectivity index (χ1n) is 7.36. The highest BCUT2D eigenvalue weighted by Gasteiger charge is 2.25. The molecule has 6 nitrogen and oxygen atoms in total. The van der Waals surface area contributed by atoms with Crippen LogP contribution in [0.25, 0.3) is 5.65 Å². The summed E-state index contributed by atoms with van der Waals surface area (Å²) in [7, 11) is 1.37. The zero-order valence-electron chi connectivity index (χ0n) is 13.4. The summed E-state index contributed by atoms with van der Waals surface area (Å²) in [5.74, 6) is -0.275. The number of pyridine rings is 1. The molecule has 2 heterocycles. The van der Waals surface area contributed by atoms with Crippen molar-refractivity contribution in [1.82, 2.24) is 14.7 Å². The second-order valence-corrected chi connectivity index (χ2v) is 6.12. The summed E-state index contributed by atoms with van der Waals surface area (Å²) >= 11 is 5.89. The van der Waals surface area contributed by atoms with Crippen molar-refractivity contribution in [2.45, 2.75) is 38.8 Å². The number of nitrogens with zero attached hydrogens (tertiary/aromatic N) is 2. The minimum Gasteiger partial charge on any atom is -0.469 e. The first-order chi connectivity index (χ1) is 10.9. The Morgan fingerprint density at radius 2 is 2.22 bits per heavy atom. The molecule has 0 aliphatic carbocycles. The average molecular weight is 338 g/mol. The summed E-state index contributed by atoms with van der Waals surface area (Å²) in [4.78, 5) is 28.1. The molecule has 7 heteroatoms. The van der Waals surface area contributed by atoms with E-state index in [9.17, 15) is 9.59 Å². The van der Waals surface area contributed by atoms with Gasteiger partial charge in [-0.2, -0.15) is 0 Å². The Morgan fingerprint density at radius 1 is 1.48 bits per heavy atom. The van der Waals surface area contributed by atoms with Gasteiger partial charge in [0.25, 0.3) is 5.56 Å². The molecule has 0 amide bonds. The third-order valence-electron chi connectivity index (χ3n) is 3.92. The quantitative estimate of drug-likeness (QED) is 0.818. The number of nitrogens with one attached hydrogen (secondary N) is 1. The molecule has 0 unspecified atom stereocenters. The summed E-state index contributed by atoms with van der Waals surface area (Å²) in [6, 6.07) is 4.85. The van der Waals surface area contributed by atoms with Gasteiger partial charge in [-0.3, -0.25) is 14.0 Å². The highest BCUT2D eigenvalue weighted by atomic mass is 35.5. The SMILES string of the molecule is CC[C@@](C)(CC(=O)OC)NCc1cc(=O)n2cc(Cl)ccc2n1. The van der Waals surface area contributed by atoms with E-state index in [1.807, 2.05) is 13.8 Å². The van der Waals surface area contributed by atoms with Gasteiger partial charge in [0.15, 0.2) is 0 Å². The Morgan fingerprint density at radius 3 is 2.87 bits per heavy atom. The van der Waals surface area contributed by atoms with E-state index in [1.165, 1.54) is 23.8 Å². The smallest absolute Gasteiger partial charge is 0.307 e. The van der Waals surface area contributed by atoms with Crippen molar-refractivity contribution in [3.63, 3.8) is 0 Å². The normalized spacial score (nSPS) is 13.7. The first-order valence-corrected chi connectivity index (χ1v) is 7.74. The third-order valence-corrected chi connectivity index (χ3v) is 4.14. The van der Waals surface area contributed by atoms with E-state index in [0.717, 1.165) is 6.42 Å². The molecule has 0 saturated carbocycles. The molecular formula is C16H20ClN3O3. The number of rotatable bonds is 6. The highest BCUT2D eigenvalue weighted by Crippen LogP contribution is 2.16.